The van der Waals surface area contributed by atoms with Crippen LogP contribution in [0.5, 0.6) is 11.5 Å². The van der Waals surface area contributed by atoms with Gasteiger partial charge in [0.1, 0.15) is 10.7 Å². The Labute approximate surface area is 159 Å². The molecule has 0 saturated carbocycles. The quantitative estimate of drug-likeness (QED) is 0.288. The lowest BCUT2D eigenvalue weighted by Gasteiger charge is -2.11. The minimum atomic E-state index is -0.567. The van der Waals surface area contributed by atoms with Crippen LogP contribution in [0.25, 0.3) is 0 Å². The monoisotopic (exact) mass is 395 g/mol. The summed E-state index contributed by atoms with van der Waals surface area (Å²) in [5.74, 6) is 0.292. The second kappa shape index (κ2) is 9.53. The highest BCUT2D eigenvalue weighted by Crippen LogP contribution is 2.38. The van der Waals surface area contributed by atoms with Crippen molar-refractivity contribution in [3.05, 3.63) is 49.4 Å². The summed E-state index contributed by atoms with van der Waals surface area (Å²) in [7, 11) is 1.40. The topological polar surface area (TPSA) is 132 Å². The summed E-state index contributed by atoms with van der Waals surface area (Å²) in [6.45, 7) is 2.33. The van der Waals surface area contributed by atoms with Gasteiger partial charge < -0.3 is 9.47 Å². The number of hydrogen-bond donors (Lipinski definition) is 2. The molecule has 0 spiro atoms. The molecule has 2 rings (SSSR count). The maximum absolute atomic E-state index is 11.4. The number of hydrogen-bond acceptors (Lipinski definition) is 8. The summed E-state index contributed by atoms with van der Waals surface area (Å²) < 4.78 is 10.7. The molecule has 0 unspecified atom stereocenters. The number of benzene rings is 1. The third-order valence-corrected chi connectivity index (χ3v) is 3.79. The van der Waals surface area contributed by atoms with E-state index in [-0.39, 0.29) is 27.9 Å². The molecule has 2 N–H and O–H groups in total. The zero-order valence-corrected chi connectivity index (χ0v) is 15.4. The Bertz CT molecular complexity index is 899. The first-order valence-corrected chi connectivity index (χ1v) is 8.37. The molecule has 27 heavy (non-hydrogen) atoms. The summed E-state index contributed by atoms with van der Waals surface area (Å²) in [6.07, 6.45) is 4.27. The molecule has 0 amide bonds. The van der Waals surface area contributed by atoms with Gasteiger partial charge in [0.25, 0.3) is 5.56 Å². The number of hydrazone groups is 1. The van der Waals surface area contributed by atoms with E-state index in [0.29, 0.717) is 12.2 Å². The highest BCUT2D eigenvalue weighted by atomic mass is 35.5. The number of ether oxygens (including phenoxy) is 2. The lowest BCUT2D eigenvalue weighted by Crippen LogP contribution is -2.10. The fourth-order valence-corrected chi connectivity index (χ4v) is 2.20. The van der Waals surface area contributed by atoms with Gasteiger partial charge in [-0.25, -0.2) is 5.10 Å². The summed E-state index contributed by atoms with van der Waals surface area (Å²) in [4.78, 5) is 22.2. The highest BCUT2D eigenvalue weighted by Gasteiger charge is 2.22. The van der Waals surface area contributed by atoms with Crippen LogP contribution in [-0.2, 0) is 0 Å². The molecule has 0 radical (unpaired) electrons. The number of H-pyrrole nitrogens is 1. The molecule has 2 aromatic rings. The Balaban J connectivity index is 2.28. The van der Waals surface area contributed by atoms with Crippen LogP contribution in [0.1, 0.15) is 25.3 Å². The lowest BCUT2D eigenvalue weighted by atomic mass is 10.2. The number of unbranched alkanes of at least 4 members (excludes halogenated alkanes) is 1. The largest absolute Gasteiger partial charge is 0.493 e. The fourth-order valence-electron chi connectivity index (χ4n) is 2.07. The summed E-state index contributed by atoms with van der Waals surface area (Å²) in [5.41, 5.74) is 2.34. The van der Waals surface area contributed by atoms with Crippen molar-refractivity contribution in [2.45, 2.75) is 19.8 Å². The third-order valence-electron chi connectivity index (χ3n) is 3.41. The van der Waals surface area contributed by atoms with Crippen molar-refractivity contribution in [2.24, 2.45) is 5.10 Å². The first-order chi connectivity index (χ1) is 13.0. The van der Waals surface area contributed by atoms with Gasteiger partial charge in [-0.05, 0) is 12.5 Å². The van der Waals surface area contributed by atoms with Gasteiger partial charge in [-0.15, -0.1) is 0 Å². The Hall–Kier alpha value is -3.14. The van der Waals surface area contributed by atoms with E-state index in [1.54, 1.807) is 6.07 Å². The number of nitro benzene ring substituents is 1. The van der Waals surface area contributed by atoms with Crippen LogP contribution >= 0.6 is 11.6 Å². The van der Waals surface area contributed by atoms with Gasteiger partial charge in [0.15, 0.2) is 5.75 Å². The summed E-state index contributed by atoms with van der Waals surface area (Å²) >= 11 is 5.82. The molecule has 1 aromatic carbocycles. The second-order valence-corrected chi connectivity index (χ2v) is 5.71. The van der Waals surface area contributed by atoms with Gasteiger partial charge in [0.05, 0.1) is 31.1 Å². The van der Waals surface area contributed by atoms with Crippen molar-refractivity contribution in [2.75, 3.05) is 19.1 Å². The molecule has 0 bridgehead atoms. The number of nitro groups is 1. The van der Waals surface area contributed by atoms with Crippen molar-refractivity contribution >= 4 is 29.2 Å². The van der Waals surface area contributed by atoms with E-state index in [1.807, 2.05) is 6.92 Å². The van der Waals surface area contributed by atoms with E-state index >= 15 is 0 Å². The van der Waals surface area contributed by atoms with E-state index in [0.717, 1.165) is 12.8 Å². The standard InChI is InChI=1S/C16H18ClN5O5/c1-3-4-5-27-15-12(22(24)25)6-10(7-13(15)26-2)8-18-20-11-9-19-21-16(23)14(11)17/h6-9H,3-5H2,1-2H3,(H2,20,21,23)/b18-8-. The molecule has 11 heteroatoms. The van der Waals surface area contributed by atoms with Crippen molar-refractivity contribution in [1.29, 1.82) is 0 Å². The van der Waals surface area contributed by atoms with Crippen molar-refractivity contribution in [3.63, 3.8) is 0 Å². The van der Waals surface area contributed by atoms with Gasteiger partial charge in [0.2, 0.25) is 5.75 Å². The van der Waals surface area contributed by atoms with E-state index < -0.39 is 10.5 Å². The molecule has 1 heterocycles. The molecule has 144 valence electrons. The van der Waals surface area contributed by atoms with Crippen LogP contribution in [0.2, 0.25) is 5.02 Å². The first kappa shape index (κ1) is 20.2. The van der Waals surface area contributed by atoms with E-state index in [4.69, 9.17) is 21.1 Å². The van der Waals surface area contributed by atoms with Crippen molar-refractivity contribution in [1.82, 2.24) is 10.2 Å². The SMILES string of the molecule is CCCCOc1c(OC)cc(/C=N\Nc2cn[nH]c(=O)c2Cl)cc1[N+](=O)[O-]. The van der Waals surface area contributed by atoms with E-state index in [9.17, 15) is 14.9 Å². The molecule has 0 fully saturated rings. The summed E-state index contributed by atoms with van der Waals surface area (Å²) in [5, 5.41) is 21.0. The second-order valence-electron chi connectivity index (χ2n) is 5.33. The predicted octanol–water partition coefficient (Wildman–Crippen LogP) is 2.97. The Morgan fingerprint density at radius 3 is 2.93 bits per heavy atom. The molecule has 0 saturated heterocycles. The molecule has 0 aliphatic carbocycles. The van der Waals surface area contributed by atoms with Crippen LogP contribution < -0.4 is 20.5 Å². The van der Waals surface area contributed by atoms with Gasteiger partial charge in [0, 0.05) is 11.6 Å². The molecular weight excluding hydrogens is 378 g/mol. The number of halogens is 1. The average molecular weight is 396 g/mol. The normalized spacial score (nSPS) is 10.8. The van der Waals surface area contributed by atoms with Crippen LogP contribution in [0.4, 0.5) is 11.4 Å². The lowest BCUT2D eigenvalue weighted by molar-refractivity contribution is -0.386. The van der Waals surface area contributed by atoms with Crippen LogP contribution in [0.15, 0.2) is 28.2 Å². The number of rotatable bonds is 9. The number of methoxy groups -OCH3 is 1. The van der Waals surface area contributed by atoms with Crippen LogP contribution in [0, 0.1) is 10.1 Å². The smallest absolute Gasteiger partial charge is 0.315 e. The maximum atomic E-state index is 11.4. The Morgan fingerprint density at radius 1 is 1.48 bits per heavy atom. The summed E-state index contributed by atoms with van der Waals surface area (Å²) in [6, 6.07) is 2.86. The van der Waals surface area contributed by atoms with Gasteiger partial charge in [-0.1, -0.05) is 24.9 Å². The Morgan fingerprint density at radius 2 is 2.26 bits per heavy atom. The minimum Gasteiger partial charge on any atom is -0.493 e. The molecule has 1 aromatic heterocycles. The minimum absolute atomic E-state index is 0.0721. The molecule has 0 aliphatic heterocycles. The van der Waals surface area contributed by atoms with Gasteiger partial charge >= 0.3 is 5.69 Å². The number of nitrogens with one attached hydrogen (secondary N) is 2. The Kier molecular flexibility index (Phi) is 7.12. The number of anilines is 1. The zero-order valence-electron chi connectivity index (χ0n) is 14.7. The number of nitrogens with zero attached hydrogens (tertiary/aromatic N) is 3. The fraction of sp³-hybridized carbons (Fsp3) is 0.312. The molecule has 0 atom stereocenters. The highest BCUT2D eigenvalue weighted by molar-refractivity contribution is 6.32. The van der Waals surface area contributed by atoms with Gasteiger partial charge in [-0.2, -0.15) is 10.2 Å². The zero-order chi connectivity index (χ0) is 19.8. The van der Waals surface area contributed by atoms with Crippen molar-refractivity contribution in [3.8, 4) is 11.5 Å². The third kappa shape index (κ3) is 5.17. The molecule has 10 nitrogen and oxygen atoms in total. The van der Waals surface area contributed by atoms with Crippen LogP contribution in [0.3, 0.4) is 0 Å². The predicted molar refractivity (Wildman–Crippen MR) is 101 cm³/mol. The molecular formula is C16H18ClN5O5. The number of aromatic nitrogens is 2. The first-order valence-electron chi connectivity index (χ1n) is 7.99. The maximum Gasteiger partial charge on any atom is 0.315 e. The molecule has 0 aliphatic rings. The van der Waals surface area contributed by atoms with E-state index in [1.165, 1.54) is 25.6 Å². The van der Waals surface area contributed by atoms with Gasteiger partial charge in [-0.3, -0.25) is 20.3 Å². The van der Waals surface area contributed by atoms with Crippen LogP contribution in [-0.4, -0.2) is 35.1 Å². The van der Waals surface area contributed by atoms with Crippen molar-refractivity contribution < 1.29 is 14.4 Å². The van der Waals surface area contributed by atoms with E-state index in [2.05, 4.69) is 20.7 Å². The number of aromatic amines is 1. The average Bonchev–Trinajstić information content (AvgIpc) is 2.65.